The fourth-order valence-electron chi connectivity index (χ4n) is 1.14. The molecule has 0 aliphatic heterocycles. The van der Waals surface area contributed by atoms with Crippen LogP contribution in [0.25, 0.3) is 6.08 Å². The van der Waals surface area contributed by atoms with Crippen LogP contribution in [0.15, 0.2) is 36.4 Å². The van der Waals surface area contributed by atoms with Gasteiger partial charge in [0, 0.05) is 0 Å². The molecule has 0 radical (unpaired) electrons. The summed E-state index contributed by atoms with van der Waals surface area (Å²) in [5, 5.41) is 0. The van der Waals surface area contributed by atoms with E-state index in [-0.39, 0.29) is 12.3 Å². The number of nitrogens with two attached hydrogens (primary N) is 1. The molecule has 1 amide bonds. The van der Waals surface area contributed by atoms with Crippen LogP contribution in [0.3, 0.4) is 0 Å². The van der Waals surface area contributed by atoms with Crippen molar-refractivity contribution in [2.45, 2.75) is 6.42 Å². The number of nitrogens with one attached hydrogen (secondary N) is 1. The molecule has 0 aliphatic carbocycles. The summed E-state index contributed by atoms with van der Waals surface area (Å²) in [5.74, 6) is 4.70. The molecular formula is C12H16N2O2. The van der Waals surface area contributed by atoms with Gasteiger partial charge in [-0.15, -0.1) is 0 Å². The van der Waals surface area contributed by atoms with Gasteiger partial charge in [0.05, 0.1) is 19.6 Å². The minimum atomic E-state index is -0.216. The van der Waals surface area contributed by atoms with E-state index in [1.54, 1.807) is 0 Å². The van der Waals surface area contributed by atoms with Crippen LogP contribution in [-0.4, -0.2) is 19.1 Å². The van der Waals surface area contributed by atoms with Crippen LogP contribution in [0.2, 0.25) is 0 Å². The predicted octanol–water partition coefficient (Wildman–Crippen LogP) is 1.10. The van der Waals surface area contributed by atoms with E-state index >= 15 is 0 Å². The predicted molar refractivity (Wildman–Crippen MR) is 63.2 cm³/mol. The number of ether oxygens (including phenoxy) is 1. The van der Waals surface area contributed by atoms with Crippen LogP contribution in [-0.2, 0) is 9.53 Å². The van der Waals surface area contributed by atoms with Crippen molar-refractivity contribution in [3.63, 3.8) is 0 Å². The van der Waals surface area contributed by atoms with Crippen LogP contribution >= 0.6 is 0 Å². The van der Waals surface area contributed by atoms with Gasteiger partial charge in [-0.05, 0) is 5.56 Å². The fourth-order valence-corrected chi connectivity index (χ4v) is 1.14. The zero-order chi connectivity index (χ0) is 11.6. The largest absolute Gasteiger partial charge is 0.377 e. The molecule has 3 N–H and O–H groups in total. The maximum Gasteiger partial charge on any atom is 0.236 e. The number of carbonyl (C=O) groups excluding carboxylic acids is 1. The molecule has 16 heavy (non-hydrogen) atoms. The highest BCUT2D eigenvalue weighted by Crippen LogP contribution is 2.00. The van der Waals surface area contributed by atoms with Crippen molar-refractivity contribution < 1.29 is 9.53 Å². The van der Waals surface area contributed by atoms with E-state index in [0.29, 0.717) is 13.2 Å². The Bertz CT molecular complexity index is 336. The third kappa shape index (κ3) is 5.29. The number of amides is 1. The second-order valence-electron chi connectivity index (χ2n) is 3.21. The summed E-state index contributed by atoms with van der Waals surface area (Å²) in [6, 6.07) is 9.95. The number of hydrogen-bond donors (Lipinski definition) is 2. The van der Waals surface area contributed by atoms with Gasteiger partial charge in [0.2, 0.25) is 5.91 Å². The molecule has 0 unspecified atom stereocenters. The molecule has 0 saturated heterocycles. The van der Waals surface area contributed by atoms with E-state index in [0.717, 1.165) is 5.56 Å². The average molecular weight is 220 g/mol. The molecule has 0 aromatic heterocycles. The summed E-state index contributed by atoms with van der Waals surface area (Å²) in [6.07, 6.45) is 4.17. The molecule has 1 aromatic rings. The topological polar surface area (TPSA) is 64.3 Å². The summed E-state index contributed by atoms with van der Waals surface area (Å²) >= 11 is 0. The lowest BCUT2D eigenvalue weighted by Gasteiger charge is -1.99. The number of benzene rings is 1. The average Bonchev–Trinajstić information content (AvgIpc) is 2.34. The molecular weight excluding hydrogens is 204 g/mol. The first-order valence-corrected chi connectivity index (χ1v) is 5.11. The van der Waals surface area contributed by atoms with Crippen LogP contribution in [0.4, 0.5) is 0 Å². The van der Waals surface area contributed by atoms with E-state index in [1.165, 1.54) is 0 Å². The van der Waals surface area contributed by atoms with Crippen molar-refractivity contribution in [2.24, 2.45) is 5.84 Å². The third-order valence-corrected chi connectivity index (χ3v) is 1.96. The molecule has 0 spiro atoms. The summed E-state index contributed by atoms with van der Waals surface area (Å²) in [7, 11) is 0. The summed E-state index contributed by atoms with van der Waals surface area (Å²) in [4.78, 5) is 10.7. The molecule has 1 rings (SSSR count). The zero-order valence-corrected chi connectivity index (χ0v) is 9.06. The lowest BCUT2D eigenvalue weighted by molar-refractivity contribution is -0.122. The lowest BCUT2D eigenvalue weighted by Crippen LogP contribution is -2.30. The van der Waals surface area contributed by atoms with Crippen molar-refractivity contribution in [3.8, 4) is 0 Å². The summed E-state index contributed by atoms with van der Waals surface area (Å²) in [5.41, 5.74) is 3.18. The minimum Gasteiger partial charge on any atom is -0.377 e. The van der Waals surface area contributed by atoms with Gasteiger partial charge in [0.1, 0.15) is 0 Å². The van der Waals surface area contributed by atoms with Crippen LogP contribution < -0.4 is 11.3 Å². The van der Waals surface area contributed by atoms with Gasteiger partial charge in [-0.25, -0.2) is 5.84 Å². The highest BCUT2D eigenvalue weighted by atomic mass is 16.5. The van der Waals surface area contributed by atoms with Gasteiger partial charge in [-0.2, -0.15) is 0 Å². The van der Waals surface area contributed by atoms with Crippen LogP contribution in [0, 0.1) is 0 Å². The molecule has 0 heterocycles. The van der Waals surface area contributed by atoms with E-state index in [9.17, 15) is 4.79 Å². The lowest BCUT2D eigenvalue weighted by atomic mass is 10.2. The van der Waals surface area contributed by atoms with Crippen molar-refractivity contribution in [1.29, 1.82) is 0 Å². The van der Waals surface area contributed by atoms with Gasteiger partial charge in [-0.3, -0.25) is 10.2 Å². The Morgan fingerprint density at radius 1 is 1.38 bits per heavy atom. The Balaban J connectivity index is 2.12. The van der Waals surface area contributed by atoms with Gasteiger partial charge in [-0.1, -0.05) is 42.5 Å². The molecule has 86 valence electrons. The maximum atomic E-state index is 10.7. The second-order valence-corrected chi connectivity index (χ2v) is 3.21. The standard InChI is InChI=1S/C12H16N2O2/c13-14-12(15)8-10-16-9-4-7-11-5-2-1-3-6-11/h1-7H,8-10,13H2,(H,14,15). The van der Waals surface area contributed by atoms with Crippen molar-refractivity contribution in [1.82, 2.24) is 5.43 Å². The zero-order valence-electron chi connectivity index (χ0n) is 9.06. The Morgan fingerprint density at radius 2 is 2.12 bits per heavy atom. The molecule has 0 aliphatic rings. The highest BCUT2D eigenvalue weighted by molar-refractivity contribution is 5.75. The van der Waals surface area contributed by atoms with Crippen molar-refractivity contribution in [2.75, 3.05) is 13.2 Å². The third-order valence-electron chi connectivity index (χ3n) is 1.96. The molecule has 0 fully saturated rings. The van der Waals surface area contributed by atoms with Crippen molar-refractivity contribution in [3.05, 3.63) is 42.0 Å². The second kappa shape index (κ2) is 7.62. The monoisotopic (exact) mass is 220 g/mol. The number of carbonyl (C=O) groups is 1. The normalized spacial score (nSPS) is 10.6. The van der Waals surface area contributed by atoms with E-state index in [4.69, 9.17) is 10.6 Å². The fraction of sp³-hybridized carbons (Fsp3) is 0.250. The molecule has 4 nitrogen and oxygen atoms in total. The van der Waals surface area contributed by atoms with Crippen LogP contribution in [0.1, 0.15) is 12.0 Å². The Labute approximate surface area is 95.1 Å². The molecule has 0 saturated carbocycles. The van der Waals surface area contributed by atoms with Gasteiger partial charge in [0.15, 0.2) is 0 Å². The van der Waals surface area contributed by atoms with Crippen LogP contribution in [0.5, 0.6) is 0 Å². The SMILES string of the molecule is NNC(=O)CCOCC=Cc1ccccc1. The first-order valence-electron chi connectivity index (χ1n) is 5.11. The number of rotatable bonds is 6. The quantitative estimate of drug-likeness (QED) is 0.326. The van der Waals surface area contributed by atoms with Gasteiger partial charge in [0.25, 0.3) is 0 Å². The Hall–Kier alpha value is -1.65. The van der Waals surface area contributed by atoms with Crippen molar-refractivity contribution >= 4 is 12.0 Å². The van der Waals surface area contributed by atoms with E-state index < -0.39 is 0 Å². The number of hydrogen-bond acceptors (Lipinski definition) is 3. The maximum absolute atomic E-state index is 10.7. The smallest absolute Gasteiger partial charge is 0.236 e. The number of hydrazine groups is 1. The molecule has 0 bridgehead atoms. The first-order chi connectivity index (χ1) is 7.83. The summed E-state index contributed by atoms with van der Waals surface area (Å²) < 4.78 is 5.22. The van der Waals surface area contributed by atoms with Gasteiger partial charge < -0.3 is 4.74 Å². The first kappa shape index (κ1) is 12.4. The van der Waals surface area contributed by atoms with Gasteiger partial charge >= 0.3 is 0 Å². The van der Waals surface area contributed by atoms with E-state index in [2.05, 4.69) is 0 Å². The molecule has 0 atom stereocenters. The van der Waals surface area contributed by atoms with E-state index in [1.807, 2.05) is 47.9 Å². The summed E-state index contributed by atoms with van der Waals surface area (Å²) in [6.45, 7) is 0.870. The highest BCUT2D eigenvalue weighted by Gasteiger charge is 1.95. The molecule has 4 heteroatoms. The Kier molecular flexibility index (Phi) is 5.91. The molecule has 1 aromatic carbocycles. The Morgan fingerprint density at radius 3 is 2.81 bits per heavy atom. The minimum absolute atomic E-state index is 0.216.